The molecule has 1 N–H and O–H groups in total. The Labute approximate surface area is 161 Å². The van der Waals surface area contributed by atoms with E-state index in [2.05, 4.69) is 25.9 Å². The zero-order valence-electron chi connectivity index (χ0n) is 14.1. The summed E-state index contributed by atoms with van der Waals surface area (Å²) in [6.07, 6.45) is 1.39. The van der Waals surface area contributed by atoms with Crippen LogP contribution in [0.1, 0.15) is 5.56 Å². The van der Waals surface area contributed by atoms with E-state index in [1.54, 1.807) is 24.3 Å². The minimum atomic E-state index is -0.467. The molecular formula is C19H13BrN4O3. The Morgan fingerprint density at radius 3 is 2.70 bits per heavy atom. The number of rotatable bonds is 3. The summed E-state index contributed by atoms with van der Waals surface area (Å²) in [6.45, 7) is 0. The molecule has 7 nitrogen and oxygen atoms in total. The molecule has 0 atom stereocenters. The topological polar surface area (TPSA) is 93.5 Å². The zero-order valence-corrected chi connectivity index (χ0v) is 15.7. The molecule has 134 valence electrons. The molecule has 4 aromatic rings. The van der Waals surface area contributed by atoms with Crippen molar-refractivity contribution in [2.45, 2.75) is 0 Å². The lowest BCUT2D eigenvalue weighted by Gasteiger charge is -2.05. The number of hydrogen-bond acceptors (Lipinski definition) is 5. The summed E-state index contributed by atoms with van der Waals surface area (Å²) < 4.78 is 2.74. The van der Waals surface area contributed by atoms with Crippen LogP contribution in [0.2, 0.25) is 0 Å². The van der Waals surface area contributed by atoms with Gasteiger partial charge in [0.05, 0.1) is 21.3 Å². The maximum Gasteiger partial charge on any atom is 0.278 e. The summed E-state index contributed by atoms with van der Waals surface area (Å²) in [5.41, 5.74) is 1.85. The van der Waals surface area contributed by atoms with Crippen molar-refractivity contribution >= 4 is 55.6 Å². The van der Waals surface area contributed by atoms with Crippen molar-refractivity contribution in [2.75, 3.05) is 0 Å². The van der Waals surface area contributed by atoms with Gasteiger partial charge in [-0.2, -0.15) is 0 Å². The van der Waals surface area contributed by atoms with Gasteiger partial charge in [-0.15, -0.1) is 0 Å². The normalized spacial score (nSPS) is 11.6. The molecule has 27 heavy (non-hydrogen) atoms. The molecule has 0 aliphatic heterocycles. The van der Waals surface area contributed by atoms with Crippen molar-refractivity contribution in [1.82, 2.24) is 9.55 Å². The molecule has 4 rings (SSSR count). The number of fused-ring (bicyclic) bond motifs is 2. The van der Waals surface area contributed by atoms with Gasteiger partial charge in [-0.05, 0) is 24.3 Å². The van der Waals surface area contributed by atoms with Crippen molar-refractivity contribution < 1.29 is 10.0 Å². The second-order valence-electron chi connectivity index (χ2n) is 6.00. The predicted molar refractivity (Wildman–Crippen MR) is 108 cm³/mol. The molecule has 0 bridgehead atoms. The number of aryl methyl sites for hydroxylation is 1. The number of phenolic OH excluding ortho intramolecular Hbond substituents is 1. The van der Waals surface area contributed by atoms with Crippen LogP contribution in [0, 0.1) is 10.1 Å². The van der Waals surface area contributed by atoms with Crippen LogP contribution in [-0.4, -0.2) is 25.8 Å². The Morgan fingerprint density at radius 1 is 1.22 bits per heavy atom. The molecule has 0 aliphatic carbocycles. The summed E-state index contributed by atoms with van der Waals surface area (Å²) >= 11 is 3.43. The predicted octanol–water partition coefficient (Wildman–Crippen LogP) is 4.85. The molecule has 0 unspecified atom stereocenters. The lowest BCUT2D eigenvalue weighted by molar-refractivity contribution is -0.383. The fraction of sp³-hybridized carbons (Fsp3) is 0.0526. The van der Waals surface area contributed by atoms with Crippen molar-refractivity contribution in [1.29, 1.82) is 0 Å². The maximum absolute atomic E-state index is 11.4. The number of aromatic hydroxyl groups is 1. The first-order valence-corrected chi connectivity index (χ1v) is 8.80. The van der Waals surface area contributed by atoms with Gasteiger partial charge in [-0.25, -0.2) is 9.98 Å². The second kappa shape index (κ2) is 6.48. The molecule has 0 aliphatic rings. The molecule has 0 amide bonds. The van der Waals surface area contributed by atoms with Gasteiger partial charge >= 0.3 is 0 Å². The van der Waals surface area contributed by atoms with Crippen molar-refractivity contribution in [3.05, 3.63) is 68.7 Å². The van der Waals surface area contributed by atoms with Crippen LogP contribution in [0.3, 0.4) is 0 Å². The summed E-state index contributed by atoms with van der Waals surface area (Å²) in [4.78, 5) is 19.7. The Hall–Kier alpha value is -3.26. The molecule has 0 radical (unpaired) electrons. The summed E-state index contributed by atoms with van der Waals surface area (Å²) in [7, 11) is 1.83. The third kappa shape index (κ3) is 2.93. The highest BCUT2D eigenvalue weighted by molar-refractivity contribution is 9.10. The highest BCUT2D eigenvalue weighted by Crippen LogP contribution is 2.35. The summed E-state index contributed by atoms with van der Waals surface area (Å²) in [5, 5.41) is 22.7. The first-order chi connectivity index (χ1) is 13.0. The van der Waals surface area contributed by atoms with E-state index in [-0.39, 0.29) is 17.0 Å². The zero-order chi connectivity index (χ0) is 19.1. The highest BCUT2D eigenvalue weighted by atomic mass is 79.9. The molecule has 0 saturated heterocycles. The fourth-order valence-corrected chi connectivity index (χ4v) is 3.35. The van der Waals surface area contributed by atoms with Gasteiger partial charge in [0.2, 0.25) is 5.95 Å². The number of nitro benzene ring substituents is 1. The summed E-state index contributed by atoms with van der Waals surface area (Å²) in [6, 6.07) is 13.7. The van der Waals surface area contributed by atoms with E-state index in [1.807, 2.05) is 29.8 Å². The smallest absolute Gasteiger partial charge is 0.278 e. The van der Waals surface area contributed by atoms with Crippen LogP contribution in [0.5, 0.6) is 5.75 Å². The number of halogens is 1. The van der Waals surface area contributed by atoms with E-state index in [4.69, 9.17) is 0 Å². The number of nitrogens with zero attached hydrogens (tertiary/aromatic N) is 4. The average Bonchev–Trinajstić information content (AvgIpc) is 2.96. The molecule has 0 spiro atoms. The third-order valence-electron chi connectivity index (χ3n) is 4.36. The standard InChI is InChI=1S/C19H13BrN4O3/c1-23-17-9-12(20)6-7-15(17)22-19(23)21-10-11-8-16(24(26)27)13-4-2-3-5-14(13)18(11)25/h2-10,25H,1H3. The quantitative estimate of drug-likeness (QED) is 0.288. The van der Waals surface area contributed by atoms with Crippen molar-refractivity contribution in [2.24, 2.45) is 12.0 Å². The van der Waals surface area contributed by atoms with Gasteiger partial charge in [-0.3, -0.25) is 10.1 Å². The van der Waals surface area contributed by atoms with Gasteiger partial charge in [0.1, 0.15) is 5.75 Å². The van der Waals surface area contributed by atoms with E-state index in [1.165, 1.54) is 12.3 Å². The largest absolute Gasteiger partial charge is 0.507 e. The number of imidazole rings is 1. The Morgan fingerprint density at radius 2 is 1.96 bits per heavy atom. The lowest BCUT2D eigenvalue weighted by atomic mass is 10.0. The van der Waals surface area contributed by atoms with Gasteiger partial charge in [-0.1, -0.05) is 34.1 Å². The van der Waals surface area contributed by atoms with Crippen molar-refractivity contribution in [3.63, 3.8) is 0 Å². The van der Waals surface area contributed by atoms with Crippen LogP contribution in [0.25, 0.3) is 21.8 Å². The van der Waals surface area contributed by atoms with Gasteiger partial charge in [0.25, 0.3) is 5.69 Å². The van der Waals surface area contributed by atoms with Gasteiger partial charge in [0, 0.05) is 34.8 Å². The Bertz CT molecular complexity index is 1250. The SMILES string of the molecule is Cn1c(N=Cc2cc([N+](=O)[O-])c3ccccc3c2O)nc2ccc(Br)cc21. The minimum Gasteiger partial charge on any atom is -0.507 e. The van der Waals surface area contributed by atoms with Crippen LogP contribution in [0.4, 0.5) is 11.6 Å². The van der Waals surface area contributed by atoms with Crippen LogP contribution in [0.15, 0.2) is 58.0 Å². The number of non-ortho nitro benzene ring substituents is 1. The van der Waals surface area contributed by atoms with Crippen LogP contribution in [-0.2, 0) is 7.05 Å². The number of phenols is 1. The van der Waals surface area contributed by atoms with Crippen LogP contribution >= 0.6 is 15.9 Å². The van der Waals surface area contributed by atoms with Gasteiger partial charge in [0.15, 0.2) is 0 Å². The first kappa shape index (κ1) is 17.2. The Balaban J connectivity index is 1.85. The number of benzene rings is 3. The molecule has 1 heterocycles. The monoisotopic (exact) mass is 424 g/mol. The van der Waals surface area contributed by atoms with Crippen LogP contribution < -0.4 is 0 Å². The van der Waals surface area contributed by atoms with E-state index in [9.17, 15) is 15.2 Å². The highest BCUT2D eigenvalue weighted by Gasteiger charge is 2.17. The van der Waals surface area contributed by atoms with E-state index in [0.29, 0.717) is 16.7 Å². The lowest BCUT2D eigenvalue weighted by Crippen LogP contribution is -1.94. The minimum absolute atomic E-state index is 0.0542. The Kier molecular flexibility index (Phi) is 4.12. The molecule has 0 saturated carbocycles. The average molecular weight is 425 g/mol. The van der Waals surface area contributed by atoms with E-state index in [0.717, 1.165) is 15.5 Å². The number of hydrogen-bond donors (Lipinski definition) is 1. The fourth-order valence-electron chi connectivity index (χ4n) is 3.00. The first-order valence-electron chi connectivity index (χ1n) is 8.01. The molecular weight excluding hydrogens is 412 g/mol. The molecule has 8 heteroatoms. The molecule has 3 aromatic carbocycles. The van der Waals surface area contributed by atoms with Gasteiger partial charge < -0.3 is 9.67 Å². The number of nitro groups is 1. The molecule has 1 aromatic heterocycles. The van der Waals surface area contributed by atoms with E-state index < -0.39 is 4.92 Å². The maximum atomic E-state index is 11.4. The number of aromatic nitrogens is 2. The van der Waals surface area contributed by atoms with Crippen molar-refractivity contribution in [3.8, 4) is 5.75 Å². The number of aliphatic imine (C=N–C) groups is 1. The molecule has 0 fully saturated rings. The second-order valence-corrected chi connectivity index (χ2v) is 6.91. The van der Waals surface area contributed by atoms with E-state index >= 15 is 0 Å². The summed E-state index contributed by atoms with van der Waals surface area (Å²) in [5.74, 6) is 0.375. The third-order valence-corrected chi connectivity index (χ3v) is 4.85.